The molecule has 0 radical (unpaired) electrons. The summed E-state index contributed by atoms with van der Waals surface area (Å²) in [4.78, 5) is 12.2. The monoisotopic (exact) mass is 261 g/mol. The number of ether oxygens (including phenoxy) is 1. The first-order valence-corrected chi connectivity index (χ1v) is 7.19. The predicted molar refractivity (Wildman–Crippen MR) is 76.2 cm³/mol. The van der Waals surface area contributed by atoms with Crippen LogP contribution in [-0.4, -0.2) is 31.6 Å². The summed E-state index contributed by atoms with van der Waals surface area (Å²) >= 11 is 0. The standard InChI is InChI=1S/C16H23NO2/c1-2-17-15-12-19-11-14(15)16(18)10-6-9-13-7-4-3-5-8-13/h3-5,7-8,14-15,17H,2,6,9-12H2,1H3. The van der Waals surface area contributed by atoms with Crippen LogP contribution in [0.3, 0.4) is 0 Å². The highest BCUT2D eigenvalue weighted by molar-refractivity contribution is 5.82. The maximum atomic E-state index is 12.2. The van der Waals surface area contributed by atoms with Gasteiger partial charge >= 0.3 is 0 Å². The Labute approximate surface area is 115 Å². The minimum Gasteiger partial charge on any atom is -0.379 e. The van der Waals surface area contributed by atoms with Gasteiger partial charge in [0, 0.05) is 12.5 Å². The minimum atomic E-state index is 0.0516. The Morgan fingerprint density at radius 2 is 2.11 bits per heavy atom. The Balaban J connectivity index is 1.75. The van der Waals surface area contributed by atoms with E-state index in [1.807, 2.05) is 18.2 Å². The van der Waals surface area contributed by atoms with Gasteiger partial charge in [0.2, 0.25) is 0 Å². The highest BCUT2D eigenvalue weighted by Crippen LogP contribution is 2.18. The van der Waals surface area contributed by atoms with Gasteiger partial charge in [-0.2, -0.15) is 0 Å². The molecule has 3 heteroatoms. The third-order valence-corrected chi connectivity index (χ3v) is 3.69. The van der Waals surface area contributed by atoms with Crippen LogP contribution in [0.5, 0.6) is 0 Å². The minimum absolute atomic E-state index is 0.0516. The highest BCUT2D eigenvalue weighted by atomic mass is 16.5. The molecule has 1 aliphatic rings. The van der Waals surface area contributed by atoms with E-state index in [0.717, 1.165) is 19.4 Å². The van der Waals surface area contributed by atoms with Crippen LogP contribution in [0, 0.1) is 5.92 Å². The Hall–Kier alpha value is -1.19. The molecular weight excluding hydrogens is 238 g/mol. The Morgan fingerprint density at radius 1 is 1.32 bits per heavy atom. The molecule has 1 aromatic carbocycles. The predicted octanol–water partition coefficient (Wildman–Crippen LogP) is 2.20. The van der Waals surface area contributed by atoms with Crippen LogP contribution in [0.25, 0.3) is 0 Å². The molecule has 0 aromatic heterocycles. The van der Waals surface area contributed by atoms with Crippen LogP contribution in [-0.2, 0) is 16.0 Å². The fourth-order valence-electron chi connectivity index (χ4n) is 2.63. The third-order valence-electron chi connectivity index (χ3n) is 3.69. The first-order chi connectivity index (χ1) is 9.31. The van der Waals surface area contributed by atoms with E-state index < -0.39 is 0 Å². The number of rotatable bonds is 7. The van der Waals surface area contributed by atoms with Gasteiger partial charge in [-0.15, -0.1) is 0 Å². The number of nitrogens with one attached hydrogen (secondary N) is 1. The molecule has 3 nitrogen and oxygen atoms in total. The van der Waals surface area contributed by atoms with E-state index in [1.54, 1.807) is 0 Å². The van der Waals surface area contributed by atoms with Crippen molar-refractivity contribution in [1.82, 2.24) is 5.32 Å². The van der Waals surface area contributed by atoms with E-state index in [2.05, 4.69) is 24.4 Å². The fraction of sp³-hybridized carbons (Fsp3) is 0.562. The first-order valence-electron chi connectivity index (χ1n) is 7.19. The summed E-state index contributed by atoms with van der Waals surface area (Å²) in [6.07, 6.45) is 2.56. The molecule has 2 unspecified atom stereocenters. The van der Waals surface area contributed by atoms with Crippen molar-refractivity contribution in [2.24, 2.45) is 5.92 Å². The number of carbonyl (C=O) groups is 1. The number of likely N-dealkylation sites (N-methyl/N-ethyl adjacent to an activating group) is 1. The van der Waals surface area contributed by atoms with Gasteiger partial charge in [0.25, 0.3) is 0 Å². The molecule has 0 amide bonds. The summed E-state index contributed by atoms with van der Waals surface area (Å²) in [7, 11) is 0. The van der Waals surface area contributed by atoms with Crippen molar-refractivity contribution in [2.75, 3.05) is 19.8 Å². The summed E-state index contributed by atoms with van der Waals surface area (Å²) in [5, 5.41) is 3.34. The number of hydrogen-bond donors (Lipinski definition) is 1. The number of carbonyl (C=O) groups excluding carboxylic acids is 1. The Morgan fingerprint density at radius 3 is 2.84 bits per heavy atom. The molecule has 1 N–H and O–H groups in total. The second kappa shape index (κ2) is 7.41. The summed E-state index contributed by atoms with van der Waals surface area (Å²) in [5.74, 6) is 0.398. The zero-order chi connectivity index (χ0) is 13.5. The lowest BCUT2D eigenvalue weighted by Gasteiger charge is -2.16. The smallest absolute Gasteiger partial charge is 0.139 e. The molecule has 1 aliphatic heterocycles. The molecule has 1 heterocycles. The second-order valence-electron chi connectivity index (χ2n) is 5.11. The number of Topliss-reactive ketones (excluding diaryl/α,β-unsaturated/α-hetero) is 1. The van der Waals surface area contributed by atoms with E-state index in [4.69, 9.17) is 4.74 Å². The van der Waals surface area contributed by atoms with Crippen LogP contribution in [0.1, 0.15) is 25.3 Å². The van der Waals surface area contributed by atoms with Crippen LogP contribution in [0.2, 0.25) is 0 Å². The van der Waals surface area contributed by atoms with Gasteiger partial charge in [-0.25, -0.2) is 0 Å². The number of hydrogen-bond acceptors (Lipinski definition) is 3. The van der Waals surface area contributed by atoms with Crippen LogP contribution in [0.15, 0.2) is 30.3 Å². The average Bonchev–Trinajstić information content (AvgIpc) is 2.89. The van der Waals surface area contributed by atoms with Gasteiger partial charge in [0.05, 0.1) is 19.1 Å². The number of ketones is 1. The molecule has 0 saturated carbocycles. The summed E-state index contributed by atoms with van der Waals surface area (Å²) in [6, 6.07) is 10.6. The lowest BCUT2D eigenvalue weighted by molar-refractivity contribution is -0.123. The molecule has 2 rings (SSSR count). The van der Waals surface area contributed by atoms with Crippen molar-refractivity contribution < 1.29 is 9.53 Å². The van der Waals surface area contributed by atoms with Gasteiger partial charge in [-0.3, -0.25) is 4.79 Å². The number of aryl methyl sites for hydroxylation is 1. The highest BCUT2D eigenvalue weighted by Gasteiger charge is 2.32. The normalized spacial score (nSPS) is 22.6. The van der Waals surface area contributed by atoms with Crippen molar-refractivity contribution in [3.63, 3.8) is 0 Å². The lowest BCUT2D eigenvalue weighted by atomic mass is 9.94. The van der Waals surface area contributed by atoms with Crippen LogP contribution < -0.4 is 5.32 Å². The molecule has 1 aromatic rings. The largest absolute Gasteiger partial charge is 0.379 e. The third kappa shape index (κ3) is 4.15. The van der Waals surface area contributed by atoms with E-state index >= 15 is 0 Å². The second-order valence-corrected chi connectivity index (χ2v) is 5.11. The van der Waals surface area contributed by atoms with Crippen LogP contribution >= 0.6 is 0 Å². The zero-order valence-corrected chi connectivity index (χ0v) is 11.6. The van der Waals surface area contributed by atoms with Crippen molar-refractivity contribution in [3.05, 3.63) is 35.9 Å². The SMILES string of the molecule is CCNC1COCC1C(=O)CCCc1ccccc1. The van der Waals surface area contributed by atoms with Crippen molar-refractivity contribution in [1.29, 1.82) is 0 Å². The average molecular weight is 261 g/mol. The van der Waals surface area contributed by atoms with Gasteiger partial charge in [-0.1, -0.05) is 37.3 Å². The maximum Gasteiger partial charge on any atom is 0.139 e. The van der Waals surface area contributed by atoms with Crippen molar-refractivity contribution in [2.45, 2.75) is 32.2 Å². The molecule has 1 fully saturated rings. The van der Waals surface area contributed by atoms with Gasteiger partial charge in [-0.05, 0) is 24.9 Å². The molecule has 0 aliphatic carbocycles. The van der Waals surface area contributed by atoms with Gasteiger partial charge in [0.15, 0.2) is 0 Å². The molecule has 0 bridgehead atoms. The number of benzene rings is 1. The van der Waals surface area contributed by atoms with Crippen molar-refractivity contribution >= 4 is 5.78 Å². The van der Waals surface area contributed by atoms with E-state index in [0.29, 0.717) is 25.4 Å². The Bertz CT molecular complexity index is 391. The van der Waals surface area contributed by atoms with Gasteiger partial charge in [0.1, 0.15) is 5.78 Å². The Kier molecular flexibility index (Phi) is 5.55. The van der Waals surface area contributed by atoms with E-state index in [-0.39, 0.29) is 12.0 Å². The molecule has 19 heavy (non-hydrogen) atoms. The molecular formula is C16H23NO2. The maximum absolute atomic E-state index is 12.2. The summed E-state index contributed by atoms with van der Waals surface area (Å²) in [5.41, 5.74) is 1.31. The lowest BCUT2D eigenvalue weighted by Crippen LogP contribution is -2.39. The first kappa shape index (κ1) is 14.2. The molecule has 1 saturated heterocycles. The quantitative estimate of drug-likeness (QED) is 0.818. The zero-order valence-electron chi connectivity index (χ0n) is 11.6. The van der Waals surface area contributed by atoms with E-state index in [1.165, 1.54) is 5.56 Å². The van der Waals surface area contributed by atoms with Crippen LogP contribution in [0.4, 0.5) is 0 Å². The molecule has 0 spiro atoms. The van der Waals surface area contributed by atoms with Gasteiger partial charge < -0.3 is 10.1 Å². The van der Waals surface area contributed by atoms with E-state index in [9.17, 15) is 4.79 Å². The summed E-state index contributed by atoms with van der Waals surface area (Å²) in [6.45, 7) is 4.21. The summed E-state index contributed by atoms with van der Waals surface area (Å²) < 4.78 is 5.42. The fourth-order valence-corrected chi connectivity index (χ4v) is 2.63. The molecule has 104 valence electrons. The topological polar surface area (TPSA) is 38.3 Å². The van der Waals surface area contributed by atoms with Crippen molar-refractivity contribution in [3.8, 4) is 0 Å². The molecule has 2 atom stereocenters.